The molecule has 1 heterocycles. The van der Waals surface area contributed by atoms with E-state index in [1.54, 1.807) is 24.5 Å². The molecule has 0 saturated heterocycles. The van der Waals surface area contributed by atoms with Gasteiger partial charge in [0.25, 0.3) is 0 Å². The zero-order valence-corrected chi connectivity index (χ0v) is 12.9. The molecular formula is C15H15BrN2O2. The Morgan fingerprint density at radius 3 is 2.35 bits per heavy atom. The van der Waals surface area contributed by atoms with Crippen molar-refractivity contribution in [2.75, 3.05) is 0 Å². The summed E-state index contributed by atoms with van der Waals surface area (Å²) in [6.07, 6.45) is 5.15. The summed E-state index contributed by atoms with van der Waals surface area (Å²) in [5.74, 6) is 0. The fourth-order valence-electron chi connectivity index (χ4n) is 1.74. The van der Waals surface area contributed by atoms with Gasteiger partial charge >= 0.3 is 11.1 Å². The van der Waals surface area contributed by atoms with Gasteiger partial charge in [0.05, 0.1) is 0 Å². The van der Waals surface area contributed by atoms with Crippen LogP contribution in [0.2, 0.25) is 0 Å². The number of benzene rings is 1. The van der Waals surface area contributed by atoms with Crippen LogP contribution in [0.5, 0.6) is 0 Å². The second-order valence-electron chi connectivity index (χ2n) is 4.69. The Bertz CT molecular complexity index is 751. The lowest BCUT2D eigenvalue weighted by molar-refractivity contribution is 0.729. The van der Waals surface area contributed by atoms with Crippen LogP contribution < -0.4 is 11.1 Å². The third-order valence-corrected chi connectivity index (χ3v) is 3.39. The summed E-state index contributed by atoms with van der Waals surface area (Å²) >= 11 is 3.34. The molecule has 4 nitrogen and oxygen atoms in total. The van der Waals surface area contributed by atoms with Crippen LogP contribution in [0.1, 0.15) is 13.8 Å². The molecule has 0 amide bonds. The lowest BCUT2D eigenvalue weighted by atomic mass is 10.3. The molecule has 2 rings (SSSR count). The smallest absolute Gasteiger partial charge is 0.305 e. The highest BCUT2D eigenvalue weighted by Gasteiger charge is 2.05. The number of hydrogen-bond acceptors (Lipinski definition) is 2. The first-order valence-electron chi connectivity index (χ1n) is 6.20. The van der Waals surface area contributed by atoms with E-state index >= 15 is 0 Å². The average Bonchev–Trinajstić information content (AvgIpc) is 2.42. The van der Waals surface area contributed by atoms with Gasteiger partial charge in [-0.3, -0.25) is 14.2 Å². The van der Waals surface area contributed by atoms with E-state index in [0.29, 0.717) is 12.2 Å². The van der Waals surface area contributed by atoms with Crippen molar-refractivity contribution in [3.05, 3.63) is 73.5 Å². The largest absolute Gasteiger partial charge is 0.320 e. The molecule has 2 aromatic rings. The van der Waals surface area contributed by atoms with E-state index in [2.05, 4.69) is 15.9 Å². The second kappa shape index (κ2) is 6.05. The molecule has 0 aliphatic heterocycles. The highest BCUT2D eigenvalue weighted by atomic mass is 79.9. The van der Waals surface area contributed by atoms with Crippen LogP contribution in [0.25, 0.3) is 5.69 Å². The number of aromatic nitrogens is 2. The molecule has 0 bridgehead atoms. The molecule has 0 N–H and O–H groups in total. The molecule has 0 aliphatic carbocycles. The fourth-order valence-corrected chi connectivity index (χ4v) is 2.00. The zero-order valence-electron chi connectivity index (χ0n) is 11.3. The first-order chi connectivity index (χ1) is 9.49. The molecule has 0 aliphatic rings. The maximum absolute atomic E-state index is 12.1. The Morgan fingerprint density at radius 1 is 1.10 bits per heavy atom. The zero-order chi connectivity index (χ0) is 14.7. The lowest BCUT2D eigenvalue weighted by Gasteiger charge is -2.07. The third-order valence-electron chi connectivity index (χ3n) is 2.86. The average molecular weight is 335 g/mol. The number of hydrogen-bond donors (Lipinski definition) is 0. The molecule has 5 heteroatoms. The highest BCUT2D eigenvalue weighted by Crippen LogP contribution is 2.12. The van der Waals surface area contributed by atoms with Crippen molar-refractivity contribution in [1.82, 2.24) is 9.13 Å². The van der Waals surface area contributed by atoms with Crippen molar-refractivity contribution < 1.29 is 0 Å². The summed E-state index contributed by atoms with van der Waals surface area (Å²) in [5, 5.41) is 0. The normalized spacial score (nSPS) is 10.3. The van der Waals surface area contributed by atoms with Gasteiger partial charge < -0.3 is 4.57 Å². The predicted octanol–water partition coefficient (Wildman–Crippen LogP) is 2.73. The molecule has 0 unspecified atom stereocenters. The van der Waals surface area contributed by atoms with Crippen LogP contribution in [0.4, 0.5) is 0 Å². The lowest BCUT2D eigenvalue weighted by Crippen LogP contribution is -2.39. The van der Waals surface area contributed by atoms with Crippen LogP contribution in [-0.2, 0) is 6.54 Å². The standard InChI is InChI=1S/C15H15BrN2O2/c1-11(2)7-8-17-9-10-18(15(20)14(17)19)13-5-3-12(16)4-6-13/h3-7,9-10H,8H2,1-2H3. The molecule has 0 saturated carbocycles. The molecule has 104 valence electrons. The summed E-state index contributed by atoms with van der Waals surface area (Å²) in [7, 11) is 0. The number of halogens is 1. The van der Waals surface area contributed by atoms with Gasteiger partial charge in [-0.25, -0.2) is 0 Å². The molecule has 0 radical (unpaired) electrons. The minimum absolute atomic E-state index is 0.414. The van der Waals surface area contributed by atoms with Gasteiger partial charge in [-0.15, -0.1) is 0 Å². The van der Waals surface area contributed by atoms with Crippen LogP contribution >= 0.6 is 15.9 Å². The maximum Gasteiger partial charge on any atom is 0.320 e. The van der Waals surface area contributed by atoms with E-state index in [-0.39, 0.29) is 0 Å². The SMILES string of the molecule is CC(C)=CCn1ccn(-c2ccc(Br)cc2)c(=O)c1=O. The van der Waals surface area contributed by atoms with E-state index in [0.717, 1.165) is 10.0 Å². The van der Waals surface area contributed by atoms with Crippen LogP contribution in [-0.4, -0.2) is 9.13 Å². The minimum atomic E-state index is -0.544. The Kier molecular flexibility index (Phi) is 4.39. The third kappa shape index (κ3) is 3.17. The van der Waals surface area contributed by atoms with Gasteiger partial charge in [0.15, 0.2) is 0 Å². The van der Waals surface area contributed by atoms with E-state index in [9.17, 15) is 9.59 Å². The first kappa shape index (κ1) is 14.5. The Labute approximate surface area is 125 Å². The van der Waals surface area contributed by atoms with Crippen molar-refractivity contribution >= 4 is 15.9 Å². The van der Waals surface area contributed by atoms with Crippen molar-refractivity contribution in [1.29, 1.82) is 0 Å². The van der Waals surface area contributed by atoms with Gasteiger partial charge in [0, 0.05) is 29.1 Å². The molecule has 1 aromatic carbocycles. The van der Waals surface area contributed by atoms with Crippen molar-refractivity contribution in [3.63, 3.8) is 0 Å². The second-order valence-corrected chi connectivity index (χ2v) is 5.60. The van der Waals surface area contributed by atoms with Crippen LogP contribution in [0, 0.1) is 0 Å². The molecular weight excluding hydrogens is 320 g/mol. The van der Waals surface area contributed by atoms with E-state index in [4.69, 9.17) is 0 Å². The van der Waals surface area contributed by atoms with Crippen molar-refractivity contribution in [2.45, 2.75) is 20.4 Å². The molecule has 0 spiro atoms. The molecule has 0 fully saturated rings. The van der Waals surface area contributed by atoms with Crippen molar-refractivity contribution in [3.8, 4) is 5.69 Å². The predicted molar refractivity (Wildman–Crippen MR) is 83.4 cm³/mol. The number of allylic oxidation sites excluding steroid dienone is 2. The van der Waals surface area contributed by atoms with Crippen LogP contribution in [0.15, 0.2) is 62.4 Å². The van der Waals surface area contributed by atoms with E-state index in [1.807, 2.05) is 32.1 Å². The minimum Gasteiger partial charge on any atom is -0.305 e. The van der Waals surface area contributed by atoms with Gasteiger partial charge in [-0.05, 0) is 38.1 Å². The Morgan fingerprint density at radius 2 is 1.75 bits per heavy atom. The van der Waals surface area contributed by atoms with Crippen molar-refractivity contribution in [2.24, 2.45) is 0 Å². The molecule has 1 aromatic heterocycles. The summed E-state index contributed by atoms with van der Waals surface area (Å²) in [4.78, 5) is 24.2. The summed E-state index contributed by atoms with van der Waals surface area (Å²) in [5.41, 5.74) is 0.712. The van der Waals surface area contributed by atoms with Gasteiger partial charge in [-0.1, -0.05) is 27.6 Å². The highest BCUT2D eigenvalue weighted by molar-refractivity contribution is 9.10. The summed E-state index contributed by atoms with van der Waals surface area (Å²) < 4.78 is 3.68. The molecule has 0 atom stereocenters. The fraction of sp³-hybridized carbons (Fsp3) is 0.200. The quantitative estimate of drug-likeness (QED) is 0.639. The topological polar surface area (TPSA) is 44.0 Å². The molecule has 20 heavy (non-hydrogen) atoms. The number of nitrogens with zero attached hydrogens (tertiary/aromatic N) is 2. The summed E-state index contributed by atoms with van der Waals surface area (Å²) in [6.45, 7) is 4.32. The van der Waals surface area contributed by atoms with Crippen LogP contribution in [0.3, 0.4) is 0 Å². The van der Waals surface area contributed by atoms with Gasteiger partial charge in [-0.2, -0.15) is 0 Å². The van der Waals surface area contributed by atoms with Gasteiger partial charge in [0.1, 0.15) is 0 Å². The summed E-state index contributed by atoms with van der Waals surface area (Å²) in [6, 6.07) is 7.23. The Hall–Kier alpha value is -1.88. The maximum atomic E-state index is 12.1. The van der Waals surface area contributed by atoms with E-state index in [1.165, 1.54) is 9.13 Å². The number of rotatable bonds is 3. The van der Waals surface area contributed by atoms with Gasteiger partial charge in [0.2, 0.25) is 0 Å². The monoisotopic (exact) mass is 334 g/mol. The Balaban J connectivity index is 2.46. The van der Waals surface area contributed by atoms with E-state index < -0.39 is 11.1 Å². The first-order valence-corrected chi connectivity index (χ1v) is 7.00.